The van der Waals surface area contributed by atoms with Crippen LogP contribution >= 0.6 is 0 Å². The molecule has 2 aromatic rings. The van der Waals surface area contributed by atoms with Gasteiger partial charge >= 0.3 is 0 Å². The van der Waals surface area contributed by atoms with Crippen molar-refractivity contribution in [2.75, 3.05) is 23.7 Å². The Balaban J connectivity index is 2.50. The van der Waals surface area contributed by atoms with Crippen LogP contribution in [0.1, 0.15) is 12.0 Å². The zero-order valence-corrected chi connectivity index (χ0v) is 11.5. The first-order valence-electron chi connectivity index (χ1n) is 6.51. The van der Waals surface area contributed by atoms with Gasteiger partial charge in [0, 0.05) is 12.2 Å². The molecule has 20 heavy (non-hydrogen) atoms. The van der Waals surface area contributed by atoms with Crippen LogP contribution in [-0.2, 0) is 0 Å². The number of rotatable bonds is 5. The fourth-order valence-electron chi connectivity index (χ4n) is 2.07. The van der Waals surface area contributed by atoms with Crippen LogP contribution < -0.4 is 21.9 Å². The van der Waals surface area contributed by atoms with Crippen molar-refractivity contribution in [2.24, 2.45) is 5.73 Å². The topological polar surface area (TPSA) is 101 Å². The Labute approximate surface area is 117 Å². The van der Waals surface area contributed by atoms with Gasteiger partial charge in [-0.15, -0.1) is 0 Å². The van der Waals surface area contributed by atoms with Crippen molar-refractivity contribution >= 4 is 17.2 Å². The molecule has 2 rings (SSSR count). The summed E-state index contributed by atoms with van der Waals surface area (Å²) >= 11 is 0. The minimum atomic E-state index is -0.332. The molecule has 6 heteroatoms. The third kappa shape index (κ3) is 2.80. The van der Waals surface area contributed by atoms with Crippen molar-refractivity contribution in [3.63, 3.8) is 0 Å². The molecule has 1 aromatic carbocycles. The predicted molar refractivity (Wildman–Crippen MR) is 81.1 cm³/mol. The van der Waals surface area contributed by atoms with E-state index in [-0.39, 0.29) is 11.2 Å². The van der Waals surface area contributed by atoms with Gasteiger partial charge < -0.3 is 21.4 Å². The molecule has 5 N–H and O–H groups in total. The first-order valence-corrected chi connectivity index (χ1v) is 6.51. The molecule has 6 nitrogen and oxygen atoms in total. The number of aromatic nitrogens is 2. The SMILES string of the molecule is Cc1ccccc1N(CCCN)c1nc[nH]c(=O)c1N. The summed E-state index contributed by atoms with van der Waals surface area (Å²) in [7, 11) is 0. The molecule has 0 unspecified atom stereocenters. The predicted octanol–water partition coefficient (Wildman–Crippen LogP) is 1.15. The maximum absolute atomic E-state index is 11.7. The van der Waals surface area contributed by atoms with E-state index in [4.69, 9.17) is 11.5 Å². The van der Waals surface area contributed by atoms with E-state index in [1.54, 1.807) is 0 Å². The Bertz CT molecular complexity index is 637. The van der Waals surface area contributed by atoms with E-state index in [9.17, 15) is 4.79 Å². The number of benzene rings is 1. The van der Waals surface area contributed by atoms with Gasteiger partial charge in [0.25, 0.3) is 5.56 Å². The standard InChI is InChI=1S/C14H19N5O/c1-10-5-2-3-6-11(10)19(8-4-7-15)13-12(16)14(20)18-9-17-13/h2-3,5-6,9H,4,7-8,15-16H2,1H3,(H,17,18,20). The highest BCUT2D eigenvalue weighted by atomic mass is 16.1. The lowest BCUT2D eigenvalue weighted by atomic mass is 10.1. The van der Waals surface area contributed by atoms with Gasteiger partial charge in [-0.05, 0) is 31.5 Å². The number of nitrogens with one attached hydrogen (secondary N) is 1. The zero-order chi connectivity index (χ0) is 14.5. The number of anilines is 3. The number of para-hydroxylation sites is 1. The molecule has 0 fully saturated rings. The lowest BCUT2D eigenvalue weighted by Crippen LogP contribution is -2.26. The minimum absolute atomic E-state index is 0.118. The molecule has 1 heterocycles. The second-order valence-corrected chi connectivity index (χ2v) is 4.55. The third-order valence-electron chi connectivity index (χ3n) is 3.12. The van der Waals surface area contributed by atoms with Crippen molar-refractivity contribution < 1.29 is 0 Å². The van der Waals surface area contributed by atoms with Crippen LogP contribution in [-0.4, -0.2) is 23.1 Å². The highest BCUT2D eigenvalue weighted by Crippen LogP contribution is 2.28. The Morgan fingerprint density at radius 1 is 1.35 bits per heavy atom. The van der Waals surface area contributed by atoms with E-state index in [0.717, 1.165) is 17.7 Å². The lowest BCUT2D eigenvalue weighted by Gasteiger charge is -2.26. The number of aryl methyl sites for hydroxylation is 1. The van der Waals surface area contributed by atoms with Gasteiger partial charge in [-0.25, -0.2) is 4.98 Å². The maximum Gasteiger partial charge on any atom is 0.276 e. The molecular weight excluding hydrogens is 254 g/mol. The first kappa shape index (κ1) is 14.1. The van der Waals surface area contributed by atoms with E-state index >= 15 is 0 Å². The van der Waals surface area contributed by atoms with Gasteiger partial charge in [-0.1, -0.05) is 18.2 Å². The molecule has 1 aromatic heterocycles. The second kappa shape index (κ2) is 6.21. The lowest BCUT2D eigenvalue weighted by molar-refractivity contribution is 0.807. The van der Waals surface area contributed by atoms with E-state index in [2.05, 4.69) is 9.97 Å². The molecule has 0 saturated carbocycles. The molecule has 0 saturated heterocycles. The van der Waals surface area contributed by atoms with Crippen LogP contribution in [0.2, 0.25) is 0 Å². The van der Waals surface area contributed by atoms with Gasteiger partial charge in [0.1, 0.15) is 5.69 Å². The molecule has 0 aliphatic heterocycles. The van der Waals surface area contributed by atoms with E-state index < -0.39 is 0 Å². The molecule has 0 atom stereocenters. The molecular formula is C14H19N5O. The summed E-state index contributed by atoms with van der Waals surface area (Å²) in [6.07, 6.45) is 2.14. The van der Waals surface area contributed by atoms with Gasteiger partial charge in [0.05, 0.1) is 6.33 Å². The Kier molecular flexibility index (Phi) is 4.37. The summed E-state index contributed by atoms with van der Waals surface area (Å²) in [5.74, 6) is 0.469. The number of H-pyrrole nitrogens is 1. The average Bonchev–Trinajstić information content (AvgIpc) is 2.45. The van der Waals surface area contributed by atoms with Crippen LogP contribution in [0, 0.1) is 6.92 Å². The van der Waals surface area contributed by atoms with Gasteiger partial charge in [0.2, 0.25) is 0 Å². The number of aromatic amines is 1. The highest BCUT2D eigenvalue weighted by Gasteiger charge is 2.16. The van der Waals surface area contributed by atoms with Gasteiger partial charge in [-0.3, -0.25) is 4.79 Å². The summed E-state index contributed by atoms with van der Waals surface area (Å²) in [4.78, 5) is 20.3. The summed E-state index contributed by atoms with van der Waals surface area (Å²) in [5, 5.41) is 0. The summed E-state index contributed by atoms with van der Waals surface area (Å²) in [5.41, 5.74) is 13.3. The summed E-state index contributed by atoms with van der Waals surface area (Å²) < 4.78 is 0. The number of nitrogen functional groups attached to an aromatic ring is 1. The van der Waals surface area contributed by atoms with Crippen LogP contribution in [0.4, 0.5) is 17.2 Å². The molecule has 0 amide bonds. The van der Waals surface area contributed by atoms with Crippen LogP contribution in [0.5, 0.6) is 0 Å². The van der Waals surface area contributed by atoms with Crippen molar-refractivity contribution in [1.29, 1.82) is 0 Å². The summed E-state index contributed by atoms with van der Waals surface area (Å²) in [6, 6.07) is 7.90. The summed E-state index contributed by atoms with van der Waals surface area (Å²) in [6.45, 7) is 3.22. The molecule has 0 radical (unpaired) electrons. The Morgan fingerprint density at radius 3 is 2.80 bits per heavy atom. The van der Waals surface area contributed by atoms with Crippen molar-refractivity contribution in [3.05, 3.63) is 46.5 Å². The Morgan fingerprint density at radius 2 is 2.10 bits per heavy atom. The average molecular weight is 273 g/mol. The molecule has 0 aliphatic carbocycles. The fraction of sp³-hybridized carbons (Fsp3) is 0.286. The second-order valence-electron chi connectivity index (χ2n) is 4.55. The normalized spacial score (nSPS) is 10.5. The van der Waals surface area contributed by atoms with E-state index in [1.807, 2.05) is 36.1 Å². The van der Waals surface area contributed by atoms with Gasteiger partial charge in [-0.2, -0.15) is 0 Å². The highest BCUT2D eigenvalue weighted by molar-refractivity contribution is 5.71. The van der Waals surface area contributed by atoms with E-state index in [1.165, 1.54) is 6.33 Å². The number of hydrogen-bond acceptors (Lipinski definition) is 5. The molecule has 0 aliphatic rings. The number of nitrogens with two attached hydrogens (primary N) is 2. The number of nitrogens with zero attached hydrogens (tertiary/aromatic N) is 2. The fourth-order valence-corrected chi connectivity index (χ4v) is 2.07. The van der Waals surface area contributed by atoms with Crippen LogP contribution in [0.15, 0.2) is 35.4 Å². The smallest absolute Gasteiger partial charge is 0.276 e. The van der Waals surface area contributed by atoms with Crippen molar-refractivity contribution in [3.8, 4) is 0 Å². The maximum atomic E-state index is 11.7. The largest absolute Gasteiger partial charge is 0.391 e. The Hall–Kier alpha value is -2.34. The first-order chi connectivity index (χ1) is 9.65. The van der Waals surface area contributed by atoms with E-state index in [0.29, 0.717) is 18.9 Å². The zero-order valence-electron chi connectivity index (χ0n) is 11.5. The molecule has 106 valence electrons. The van der Waals surface area contributed by atoms with Crippen LogP contribution in [0.25, 0.3) is 0 Å². The monoisotopic (exact) mass is 273 g/mol. The third-order valence-corrected chi connectivity index (χ3v) is 3.12. The van der Waals surface area contributed by atoms with Crippen LogP contribution in [0.3, 0.4) is 0 Å². The van der Waals surface area contributed by atoms with Gasteiger partial charge in [0.15, 0.2) is 5.82 Å². The molecule has 0 bridgehead atoms. The number of hydrogen-bond donors (Lipinski definition) is 3. The van der Waals surface area contributed by atoms with Crippen molar-refractivity contribution in [1.82, 2.24) is 9.97 Å². The van der Waals surface area contributed by atoms with Crippen molar-refractivity contribution in [2.45, 2.75) is 13.3 Å². The molecule has 0 spiro atoms. The minimum Gasteiger partial charge on any atom is -0.391 e. The quantitative estimate of drug-likeness (QED) is 0.758.